The Bertz CT molecular complexity index is 913. The molecule has 0 spiro atoms. The molecular weight excluding hydrogens is 320 g/mol. The van der Waals surface area contributed by atoms with Crippen molar-refractivity contribution in [2.45, 2.75) is 38.5 Å². The van der Waals surface area contributed by atoms with Crippen LogP contribution in [0.5, 0.6) is 0 Å². The summed E-state index contributed by atoms with van der Waals surface area (Å²) < 4.78 is 28.5. The third kappa shape index (κ3) is 3.20. The minimum absolute atomic E-state index is 0.266. The fourth-order valence-electron chi connectivity index (χ4n) is 2.70. The van der Waals surface area contributed by atoms with Crippen LogP contribution in [0.3, 0.4) is 0 Å². The number of hydrogen-bond donors (Lipinski definition) is 1. The number of fused-ring (bicyclic) bond motifs is 1. The molecule has 23 heavy (non-hydrogen) atoms. The highest BCUT2D eigenvalue weighted by atomic mass is 32.2. The quantitative estimate of drug-likeness (QED) is 0.804. The standard InChI is InChI=1S/C14H18N4O4S/c1-8-12(15-9(2)22-8)7-18-5-4-11-10(6-18)13(19)17-14(16-11)23(3,20)21/h4-7H2,1-3H3,(H,16,17,19). The molecule has 0 unspecified atom stereocenters. The summed E-state index contributed by atoms with van der Waals surface area (Å²) in [5, 5.41) is -0.266. The van der Waals surface area contributed by atoms with Crippen LogP contribution in [-0.4, -0.2) is 41.1 Å². The average molecular weight is 338 g/mol. The molecule has 0 amide bonds. The molecule has 2 aromatic rings. The van der Waals surface area contributed by atoms with Gasteiger partial charge in [0.1, 0.15) is 5.76 Å². The van der Waals surface area contributed by atoms with Gasteiger partial charge in [-0.2, -0.15) is 0 Å². The Kier molecular flexibility index (Phi) is 3.85. The molecule has 1 aliphatic heterocycles. The van der Waals surface area contributed by atoms with Gasteiger partial charge in [-0.05, 0) is 6.92 Å². The molecule has 0 saturated heterocycles. The van der Waals surface area contributed by atoms with Gasteiger partial charge >= 0.3 is 0 Å². The van der Waals surface area contributed by atoms with Gasteiger partial charge in [-0.15, -0.1) is 0 Å². The van der Waals surface area contributed by atoms with Crippen molar-refractivity contribution < 1.29 is 12.8 Å². The Hall–Kier alpha value is -2.00. The van der Waals surface area contributed by atoms with Gasteiger partial charge < -0.3 is 4.42 Å². The third-order valence-electron chi connectivity index (χ3n) is 3.85. The fraction of sp³-hybridized carbons (Fsp3) is 0.500. The number of H-pyrrole nitrogens is 1. The Balaban J connectivity index is 1.87. The number of nitrogens with zero attached hydrogens (tertiary/aromatic N) is 3. The van der Waals surface area contributed by atoms with Crippen LogP contribution in [0.2, 0.25) is 0 Å². The number of aromatic nitrogens is 3. The summed E-state index contributed by atoms with van der Waals surface area (Å²) in [5.74, 6) is 1.39. The van der Waals surface area contributed by atoms with Crippen molar-refractivity contribution in [2.75, 3.05) is 12.8 Å². The van der Waals surface area contributed by atoms with Crippen molar-refractivity contribution >= 4 is 9.84 Å². The highest BCUT2D eigenvalue weighted by Gasteiger charge is 2.24. The van der Waals surface area contributed by atoms with Gasteiger partial charge in [-0.3, -0.25) is 14.7 Å². The fourth-order valence-corrected chi connectivity index (χ4v) is 3.25. The number of hydrogen-bond acceptors (Lipinski definition) is 7. The predicted octanol–water partition coefficient (Wildman–Crippen LogP) is 0.337. The normalized spacial score (nSPS) is 15.6. The van der Waals surface area contributed by atoms with Crippen molar-refractivity contribution in [2.24, 2.45) is 0 Å². The Morgan fingerprint density at radius 2 is 2.04 bits per heavy atom. The minimum Gasteiger partial charge on any atom is -0.446 e. The van der Waals surface area contributed by atoms with E-state index in [1.54, 1.807) is 6.92 Å². The zero-order valence-corrected chi connectivity index (χ0v) is 14.0. The van der Waals surface area contributed by atoms with Crippen LogP contribution >= 0.6 is 0 Å². The van der Waals surface area contributed by atoms with E-state index < -0.39 is 15.4 Å². The first-order valence-corrected chi connectivity index (χ1v) is 9.10. The molecule has 0 radical (unpaired) electrons. The molecule has 1 aliphatic rings. The predicted molar refractivity (Wildman–Crippen MR) is 81.8 cm³/mol. The number of nitrogens with one attached hydrogen (secondary N) is 1. The van der Waals surface area contributed by atoms with E-state index >= 15 is 0 Å². The summed E-state index contributed by atoms with van der Waals surface area (Å²) in [5.41, 5.74) is 1.52. The van der Waals surface area contributed by atoms with E-state index in [1.807, 2.05) is 6.92 Å². The van der Waals surface area contributed by atoms with Crippen molar-refractivity contribution in [3.05, 3.63) is 39.0 Å². The molecule has 0 fully saturated rings. The largest absolute Gasteiger partial charge is 0.446 e. The molecule has 0 aliphatic carbocycles. The molecule has 2 aromatic heterocycles. The highest BCUT2D eigenvalue weighted by Crippen LogP contribution is 2.18. The van der Waals surface area contributed by atoms with Crippen molar-refractivity contribution in [1.82, 2.24) is 19.9 Å². The number of rotatable bonds is 3. The van der Waals surface area contributed by atoms with Gasteiger partial charge in [0, 0.05) is 39.2 Å². The van der Waals surface area contributed by atoms with E-state index in [0.717, 1.165) is 17.7 Å². The van der Waals surface area contributed by atoms with E-state index in [1.165, 1.54) is 0 Å². The van der Waals surface area contributed by atoms with Crippen LogP contribution in [0.15, 0.2) is 14.4 Å². The van der Waals surface area contributed by atoms with Gasteiger partial charge in [0.25, 0.3) is 5.56 Å². The number of sulfone groups is 1. The molecule has 3 heterocycles. The van der Waals surface area contributed by atoms with Gasteiger partial charge in [0.2, 0.25) is 15.0 Å². The van der Waals surface area contributed by atoms with E-state index in [-0.39, 0.29) is 5.16 Å². The summed E-state index contributed by atoms with van der Waals surface area (Å²) in [4.78, 5) is 25.1. The number of oxazole rings is 1. The van der Waals surface area contributed by atoms with Gasteiger partial charge in [0.05, 0.1) is 17.0 Å². The maximum atomic E-state index is 12.2. The van der Waals surface area contributed by atoms with Crippen LogP contribution in [0.1, 0.15) is 28.6 Å². The summed E-state index contributed by atoms with van der Waals surface area (Å²) in [6, 6.07) is 0. The lowest BCUT2D eigenvalue weighted by Crippen LogP contribution is -2.36. The molecule has 0 atom stereocenters. The van der Waals surface area contributed by atoms with E-state index in [2.05, 4.69) is 19.9 Å². The van der Waals surface area contributed by atoms with Crippen LogP contribution in [-0.2, 0) is 29.3 Å². The maximum Gasteiger partial charge on any atom is 0.256 e. The molecule has 0 aromatic carbocycles. The van der Waals surface area contributed by atoms with E-state index in [4.69, 9.17) is 4.42 Å². The zero-order chi connectivity index (χ0) is 16.8. The van der Waals surface area contributed by atoms with Gasteiger partial charge in [0.15, 0.2) is 5.89 Å². The van der Waals surface area contributed by atoms with Crippen molar-refractivity contribution in [1.29, 1.82) is 0 Å². The Labute approximate surface area is 133 Å². The molecule has 0 bridgehead atoms. The summed E-state index contributed by atoms with van der Waals surface area (Å²) >= 11 is 0. The second-order valence-corrected chi connectivity index (χ2v) is 7.70. The third-order valence-corrected chi connectivity index (χ3v) is 4.75. The smallest absolute Gasteiger partial charge is 0.256 e. The van der Waals surface area contributed by atoms with Crippen LogP contribution < -0.4 is 5.56 Å². The Morgan fingerprint density at radius 1 is 1.30 bits per heavy atom. The van der Waals surface area contributed by atoms with E-state index in [9.17, 15) is 13.2 Å². The minimum atomic E-state index is -3.53. The first kappa shape index (κ1) is 15.9. The molecule has 1 N–H and O–H groups in total. The lowest BCUT2D eigenvalue weighted by molar-refractivity contribution is 0.237. The van der Waals surface area contributed by atoms with Gasteiger partial charge in [-0.1, -0.05) is 0 Å². The lowest BCUT2D eigenvalue weighted by Gasteiger charge is -2.26. The first-order chi connectivity index (χ1) is 10.7. The first-order valence-electron chi connectivity index (χ1n) is 7.21. The SMILES string of the molecule is Cc1nc(CN2CCc3nc(S(C)(=O)=O)[nH]c(=O)c3C2)c(C)o1. The monoisotopic (exact) mass is 338 g/mol. The molecule has 0 saturated carbocycles. The molecular formula is C14H18N4O4S. The van der Waals surface area contributed by atoms with Crippen LogP contribution in [0.25, 0.3) is 0 Å². The summed E-state index contributed by atoms with van der Waals surface area (Å²) in [6.07, 6.45) is 1.56. The molecule has 9 heteroatoms. The second-order valence-electron chi connectivity index (χ2n) is 5.76. The van der Waals surface area contributed by atoms with Crippen molar-refractivity contribution in [3.63, 3.8) is 0 Å². The second kappa shape index (κ2) is 5.57. The van der Waals surface area contributed by atoms with Crippen molar-refractivity contribution in [3.8, 4) is 0 Å². The number of aromatic amines is 1. The summed E-state index contributed by atoms with van der Waals surface area (Å²) in [7, 11) is -3.53. The Morgan fingerprint density at radius 3 is 2.65 bits per heavy atom. The van der Waals surface area contributed by atoms with Crippen LogP contribution in [0.4, 0.5) is 0 Å². The topological polar surface area (TPSA) is 109 Å². The molecule has 8 nitrogen and oxygen atoms in total. The molecule has 3 rings (SSSR count). The van der Waals surface area contributed by atoms with Crippen LogP contribution in [0, 0.1) is 13.8 Å². The number of aryl methyl sites for hydroxylation is 2. The maximum absolute atomic E-state index is 12.2. The molecule has 124 valence electrons. The summed E-state index contributed by atoms with van der Waals surface area (Å²) in [6.45, 7) is 5.32. The zero-order valence-electron chi connectivity index (χ0n) is 13.2. The lowest BCUT2D eigenvalue weighted by atomic mass is 10.1. The highest BCUT2D eigenvalue weighted by molar-refractivity contribution is 7.90. The van der Waals surface area contributed by atoms with Gasteiger partial charge in [-0.25, -0.2) is 18.4 Å². The average Bonchev–Trinajstić information content (AvgIpc) is 2.76. The van der Waals surface area contributed by atoms with E-state index in [0.29, 0.717) is 43.2 Å².